The highest BCUT2D eigenvalue weighted by atomic mass is 35.5. The summed E-state index contributed by atoms with van der Waals surface area (Å²) in [6.07, 6.45) is 0. The van der Waals surface area contributed by atoms with Crippen molar-refractivity contribution >= 4 is 23.2 Å². The number of hydrogen-bond acceptors (Lipinski definition) is 2. The van der Waals surface area contributed by atoms with E-state index in [1.807, 2.05) is 30.6 Å². The molecule has 0 aliphatic carbocycles. The van der Waals surface area contributed by atoms with E-state index < -0.39 is 0 Å². The van der Waals surface area contributed by atoms with Crippen LogP contribution in [0.15, 0.2) is 18.2 Å². The van der Waals surface area contributed by atoms with E-state index in [0.29, 0.717) is 36.9 Å². The second-order valence-corrected chi connectivity index (χ2v) is 6.56. The summed E-state index contributed by atoms with van der Waals surface area (Å²) in [6.45, 7) is 8.28. The Balaban J connectivity index is 2.03. The van der Waals surface area contributed by atoms with Gasteiger partial charge in [0.25, 0.3) is 0 Å². The highest BCUT2D eigenvalue weighted by Crippen LogP contribution is 2.25. The van der Waals surface area contributed by atoms with Gasteiger partial charge >= 0.3 is 0 Å². The summed E-state index contributed by atoms with van der Waals surface area (Å²) in [7, 11) is 0. The maximum Gasteiger partial charge on any atom is 0.228 e. The fourth-order valence-corrected chi connectivity index (χ4v) is 2.52. The maximum absolute atomic E-state index is 13.9. The van der Waals surface area contributed by atoms with Crippen molar-refractivity contribution in [2.75, 3.05) is 31.1 Å². The summed E-state index contributed by atoms with van der Waals surface area (Å²) >= 11 is 5.76. The number of hydrogen-bond donors (Lipinski definition) is 0. The van der Waals surface area contributed by atoms with Gasteiger partial charge in [-0.2, -0.15) is 0 Å². The smallest absolute Gasteiger partial charge is 0.228 e. The standard InChI is InChI=1S/C15H20ClFN2O/c1-15(2,3)14(20)19-8-6-18(7-9-19)13-5-4-11(16)10-12(13)17/h4-5,10H,6-9H2,1-3H3. The SMILES string of the molecule is CC(C)(C)C(=O)N1CCN(c2ccc(Cl)cc2F)CC1. The lowest BCUT2D eigenvalue weighted by molar-refractivity contribution is -0.139. The van der Waals surface area contributed by atoms with Crippen LogP contribution in [-0.4, -0.2) is 37.0 Å². The molecule has 1 saturated heterocycles. The molecule has 0 saturated carbocycles. The van der Waals surface area contributed by atoms with E-state index in [-0.39, 0.29) is 17.1 Å². The Morgan fingerprint density at radius 3 is 2.30 bits per heavy atom. The topological polar surface area (TPSA) is 23.6 Å². The lowest BCUT2D eigenvalue weighted by Crippen LogP contribution is -2.51. The molecule has 0 radical (unpaired) electrons. The van der Waals surface area contributed by atoms with Gasteiger partial charge in [0.05, 0.1) is 5.69 Å². The van der Waals surface area contributed by atoms with Crippen LogP contribution in [0.1, 0.15) is 20.8 Å². The van der Waals surface area contributed by atoms with Gasteiger partial charge in [-0.15, -0.1) is 0 Å². The predicted molar refractivity (Wildman–Crippen MR) is 79.7 cm³/mol. The van der Waals surface area contributed by atoms with Gasteiger partial charge in [-0.3, -0.25) is 4.79 Å². The first-order valence-electron chi connectivity index (χ1n) is 6.78. The van der Waals surface area contributed by atoms with Crippen molar-refractivity contribution in [3.8, 4) is 0 Å². The average molecular weight is 299 g/mol. The van der Waals surface area contributed by atoms with Crippen LogP contribution in [0.3, 0.4) is 0 Å². The minimum absolute atomic E-state index is 0.147. The molecule has 1 fully saturated rings. The van der Waals surface area contributed by atoms with Gasteiger partial charge in [0.15, 0.2) is 0 Å². The third-order valence-corrected chi connectivity index (χ3v) is 3.69. The molecule has 0 bridgehead atoms. The van der Waals surface area contributed by atoms with Crippen molar-refractivity contribution in [1.82, 2.24) is 4.90 Å². The minimum atomic E-state index is -0.367. The minimum Gasteiger partial charge on any atom is -0.366 e. The van der Waals surface area contributed by atoms with Crippen molar-refractivity contribution in [3.05, 3.63) is 29.0 Å². The summed E-state index contributed by atoms with van der Waals surface area (Å²) in [5, 5.41) is 0.396. The first kappa shape index (κ1) is 15.1. The van der Waals surface area contributed by atoms with E-state index in [9.17, 15) is 9.18 Å². The van der Waals surface area contributed by atoms with Gasteiger partial charge in [0.1, 0.15) is 5.82 Å². The Hall–Kier alpha value is -1.29. The number of amides is 1. The van der Waals surface area contributed by atoms with Gasteiger partial charge in [-0.25, -0.2) is 4.39 Å². The maximum atomic E-state index is 13.9. The average Bonchev–Trinajstić information content (AvgIpc) is 2.37. The number of halogens is 2. The van der Waals surface area contributed by atoms with Crippen molar-refractivity contribution in [2.45, 2.75) is 20.8 Å². The Labute approximate surface area is 124 Å². The molecule has 0 unspecified atom stereocenters. The van der Waals surface area contributed by atoms with E-state index in [4.69, 9.17) is 11.6 Å². The number of nitrogens with zero attached hydrogens (tertiary/aromatic N) is 2. The summed E-state index contributed by atoms with van der Waals surface area (Å²) in [5.74, 6) is -0.165. The van der Waals surface area contributed by atoms with Crippen LogP contribution in [0.4, 0.5) is 10.1 Å². The van der Waals surface area contributed by atoms with Gasteiger partial charge in [0.2, 0.25) is 5.91 Å². The fraction of sp³-hybridized carbons (Fsp3) is 0.533. The molecule has 0 N–H and O–H groups in total. The van der Waals surface area contributed by atoms with Gasteiger partial charge in [-0.05, 0) is 18.2 Å². The molecular formula is C15H20ClFN2O. The summed E-state index contributed by atoms with van der Waals surface area (Å²) in [4.78, 5) is 16.0. The van der Waals surface area contributed by atoms with E-state index in [1.54, 1.807) is 12.1 Å². The second kappa shape index (κ2) is 5.60. The monoisotopic (exact) mass is 298 g/mol. The third kappa shape index (κ3) is 3.23. The van der Waals surface area contributed by atoms with Crippen LogP contribution in [0.2, 0.25) is 5.02 Å². The lowest BCUT2D eigenvalue weighted by Gasteiger charge is -2.38. The molecule has 0 aromatic heterocycles. The molecule has 1 aromatic carbocycles. The number of carbonyl (C=O) groups is 1. The van der Waals surface area contributed by atoms with Crippen molar-refractivity contribution in [2.24, 2.45) is 5.41 Å². The first-order chi connectivity index (χ1) is 9.29. The Morgan fingerprint density at radius 2 is 1.80 bits per heavy atom. The van der Waals surface area contributed by atoms with Crippen LogP contribution >= 0.6 is 11.6 Å². The summed E-state index contributed by atoms with van der Waals surface area (Å²) in [5.41, 5.74) is 0.186. The van der Waals surface area contributed by atoms with Gasteiger partial charge < -0.3 is 9.80 Å². The van der Waals surface area contributed by atoms with Crippen LogP contribution in [0.25, 0.3) is 0 Å². The van der Waals surface area contributed by atoms with Gasteiger partial charge in [0, 0.05) is 36.6 Å². The largest absolute Gasteiger partial charge is 0.366 e. The van der Waals surface area contributed by atoms with Crippen LogP contribution in [0.5, 0.6) is 0 Å². The fourth-order valence-electron chi connectivity index (χ4n) is 2.36. The van der Waals surface area contributed by atoms with E-state index in [1.165, 1.54) is 6.07 Å². The molecule has 2 rings (SSSR count). The molecule has 0 atom stereocenters. The Morgan fingerprint density at radius 1 is 1.20 bits per heavy atom. The summed E-state index contributed by atoms with van der Waals surface area (Å²) < 4.78 is 13.9. The van der Waals surface area contributed by atoms with Crippen molar-refractivity contribution < 1.29 is 9.18 Å². The third-order valence-electron chi connectivity index (χ3n) is 3.46. The zero-order chi connectivity index (χ0) is 14.9. The van der Waals surface area contributed by atoms with E-state index in [0.717, 1.165) is 0 Å². The molecule has 1 aliphatic heterocycles. The molecule has 1 heterocycles. The number of anilines is 1. The molecular weight excluding hydrogens is 279 g/mol. The number of piperazine rings is 1. The quantitative estimate of drug-likeness (QED) is 0.795. The van der Waals surface area contributed by atoms with E-state index in [2.05, 4.69) is 0 Å². The molecule has 1 aliphatic rings. The zero-order valence-electron chi connectivity index (χ0n) is 12.1. The highest BCUT2D eigenvalue weighted by molar-refractivity contribution is 6.30. The molecule has 3 nitrogen and oxygen atoms in total. The molecule has 20 heavy (non-hydrogen) atoms. The highest BCUT2D eigenvalue weighted by Gasteiger charge is 2.30. The zero-order valence-corrected chi connectivity index (χ0v) is 12.9. The Bertz CT molecular complexity index is 505. The molecule has 5 heteroatoms. The van der Waals surface area contributed by atoms with Crippen molar-refractivity contribution in [3.63, 3.8) is 0 Å². The lowest BCUT2D eigenvalue weighted by atomic mass is 9.94. The van der Waals surface area contributed by atoms with E-state index >= 15 is 0 Å². The number of carbonyl (C=O) groups excluding carboxylic acids is 1. The molecule has 110 valence electrons. The van der Waals surface area contributed by atoms with Crippen molar-refractivity contribution in [1.29, 1.82) is 0 Å². The Kier molecular flexibility index (Phi) is 4.23. The molecule has 1 amide bonds. The van der Waals surface area contributed by atoms with Crippen LogP contribution in [0, 0.1) is 11.2 Å². The number of rotatable bonds is 1. The molecule has 0 spiro atoms. The summed E-state index contributed by atoms with van der Waals surface area (Å²) in [6, 6.07) is 4.70. The van der Waals surface area contributed by atoms with Crippen LogP contribution < -0.4 is 4.90 Å². The normalized spacial score (nSPS) is 16.4. The second-order valence-electron chi connectivity index (χ2n) is 6.12. The number of benzene rings is 1. The van der Waals surface area contributed by atoms with Gasteiger partial charge in [-0.1, -0.05) is 32.4 Å². The first-order valence-corrected chi connectivity index (χ1v) is 7.16. The molecule has 1 aromatic rings. The van der Waals surface area contributed by atoms with Crippen LogP contribution in [-0.2, 0) is 4.79 Å². The predicted octanol–water partition coefficient (Wildman–Crippen LogP) is 3.17.